The van der Waals surface area contributed by atoms with E-state index >= 15 is 0 Å². The van der Waals surface area contributed by atoms with Gasteiger partial charge in [-0.15, -0.1) is 11.3 Å². The average molecular weight is 345 g/mol. The van der Waals surface area contributed by atoms with Gasteiger partial charge in [-0.25, -0.2) is 4.79 Å². The molecule has 0 radical (unpaired) electrons. The lowest BCUT2D eigenvalue weighted by molar-refractivity contribution is -0.134. The maximum atomic E-state index is 12.1. The predicted octanol–water partition coefficient (Wildman–Crippen LogP) is 1.90. The minimum absolute atomic E-state index is 0.0216. The molecule has 2 heterocycles. The maximum absolute atomic E-state index is 12.1. The fourth-order valence-electron chi connectivity index (χ4n) is 2.10. The summed E-state index contributed by atoms with van der Waals surface area (Å²) in [5, 5.41) is 0. The summed E-state index contributed by atoms with van der Waals surface area (Å²) in [6.45, 7) is 4.29. The van der Waals surface area contributed by atoms with Crippen molar-refractivity contribution in [2.24, 2.45) is 0 Å². The second-order valence-electron chi connectivity index (χ2n) is 4.97. The highest BCUT2D eigenvalue weighted by molar-refractivity contribution is 7.14. The van der Waals surface area contributed by atoms with Crippen LogP contribution in [-0.4, -0.2) is 50.2 Å². The molecule has 0 bridgehead atoms. The molecule has 1 aliphatic rings. The van der Waals surface area contributed by atoms with E-state index in [4.69, 9.17) is 9.47 Å². The number of hydrogen-bond donors (Lipinski definition) is 0. The van der Waals surface area contributed by atoms with E-state index in [-0.39, 0.29) is 12.3 Å². The minimum Gasteiger partial charge on any atom is -0.465 e. The number of carbonyl (C=O) groups excluding carboxylic acids is 2. The first-order chi connectivity index (χ1) is 11.7. The Hall–Kier alpha value is -2.28. The molecule has 24 heavy (non-hydrogen) atoms. The van der Waals surface area contributed by atoms with Crippen molar-refractivity contribution in [1.29, 1.82) is 0 Å². The molecule has 0 atom stereocenters. The number of morpholine rings is 1. The second kappa shape index (κ2) is 9.12. The van der Waals surface area contributed by atoms with Crippen molar-refractivity contribution in [3.63, 3.8) is 0 Å². The Morgan fingerprint density at radius 3 is 2.71 bits per heavy atom. The molecule has 1 aromatic rings. The Labute approximate surface area is 145 Å². The molecule has 1 saturated heterocycles. The first-order valence-corrected chi connectivity index (χ1v) is 8.52. The molecule has 1 amide bonds. The molecular formula is C18H19NO4S. The monoisotopic (exact) mass is 345 g/mol. The second-order valence-corrected chi connectivity index (χ2v) is 6.02. The Morgan fingerprint density at radius 1 is 1.29 bits per heavy atom. The zero-order valence-electron chi connectivity index (χ0n) is 13.8. The number of hydrogen-bond acceptors (Lipinski definition) is 5. The summed E-state index contributed by atoms with van der Waals surface area (Å²) < 4.78 is 10.0. The van der Waals surface area contributed by atoms with Gasteiger partial charge >= 0.3 is 5.97 Å². The van der Waals surface area contributed by atoms with Crippen molar-refractivity contribution < 1.29 is 19.1 Å². The molecule has 0 N–H and O–H groups in total. The zero-order chi connectivity index (χ0) is 17.4. The van der Waals surface area contributed by atoms with Gasteiger partial charge in [-0.1, -0.05) is 30.6 Å². The van der Waals surface area contributed by atoms with Crippen LogP contribution in [0.2, 0.25) is 0 Å². The molecule has 1 aliphatic heterocycles. The SMILES string of the molecule is CCC#Cc1cc(C#CCC(=O)N2CCOCC2)c(C(=O)OC)s1. The maximum Gasteiger partial charge on any atom is 0.349 e. The lowest BCUT2D eigenvalue weighted by Crippen LogP contribution is -2.40. The number of thiophene rings is 1. The lowest BCUT2D eigenvalue weighted by atomic mass is 10.2. The van der Waals surface area contributed by atoms with Gasteiger partial charge < -0.3 is 14.4 Å². The molecule has 0 aliphatic carbocycles. The Bertz CT molecular complexity index is 724. The summed E-state index contributed by atoms with van der Waals surface area (Å²) >= 11 is 1.26. The molecule has 1 aromatic heterocycles. The number of nitrogens with zero attached hydrogens (tertiary/aromatic N) is 1. The zero-order valence-corrected chi connectivity index (χ0v) is 14.6. The third-order valence-electron chi connectivity index (χ3n) is 3.32. The Balaban J connectivity index is 2.11. The number of carbonyl (C=O) groups is 2. The number of rotatable bonds is 2. The smallest absolute Gasteiger partial charge is 0.349 e. The molecule has 5 nitrogen and oxygen atoms in total. The van der Waals surface area contributed by atoms with Gasteiger partial charge in [0.2, 0.25) is 5.91 Å². The van der Waals surface area contributed by atoms with Crippen LogP contribution in [0.4, 0.5) is 0 Å². The van der Waals surface area contributed by atoms with Crippen molar-refractivity contribution in [2.45, 2.75) is 19.8 Å². The van der Waals surface area contributed by atoms with Crippen LogP contribution >= 0.6 is 11.3 Å². The third kappa shape index (κ3) is 4.86. The molecule has 0 unspecified atom stereocenters. The lowest BCUT2D eigenvalue weighted by Gasteiger charge is -2.26. The topological polar surface area (TPSA) is 55.8 Å². The number of ether oxygens (including phenoxy) is 2. The molecule has 0 aromatic carbocycles. The summed E-state index contributed by atoms with van der Waals surface area (Å²) in [4.78, 5) is 26.8. The van der Waals surface area contributed by atoms with E-state index in [1.807, 2.05) is 6.92 Å². The number of amides is 1. The first kappa shape index (κ1) is 18.1. The van der Waals surface area contributed by atoms with Crippen molar-refractivity contribution >= 4 is 23.2 Å². The number of methoxy groups -OCH3 is 1. The van der Waals surface area contributed by atoms with Crippen LogP contribution in [0.15, 0.2) is 6.07 Å². The Kier molecular flexibility index (Phi) is 6.87. The van der Waals surface area contributed by atoms with Gasteiger partial charge in [0.25, 0.3) is 0 Å². The van der Waals surface area contributed by atoms with Crippen molar-refractivity contribution in [1.82, 2.24) is 4.90 Å². The van der Waals surface area contributed by atoms with Crippen molar-refractivity contribution in [3.8, 4) is 23.7 Å². The van der Waals surface area contributed by atoms with E-state index < -0.39 is 5.97 Å². The van der Waals surface area contributed by atoms with Crippen LogP contribution in [-0.2, 0) is 14.3 Å². The highest BCUT2D eigenvalue weighted by Crippen LogP contribution is 2.22. The van der Waals surface area contributed by atoms with Crippen LogP contribution in [0.1, 0.15) is 39.9 Å². The fraction of sp³-hybridized carbons (Fsp3) is 0.444. The summed E-state index contributed by atoms with van der Waals surface area (Å²) in [5.74, 6) is 11.3. The van der Waals surface area contributed by atoms with E-state index in [9.17, 15) is 9.59 Å². The van der Waals surface area contributed by atoms with Gasteiger partial charge in [-0.2, -0.15) is 0 Å². The van der Waals surface area contributed by atoms with Gasteiger partial charge in [-0.3, -0.25) is 4.79 Å². The van der Waals surface area contributed by atoms with Crippen LogP contribution in [0.3, 0.4) is 0 Å². The molecule has 2 rings (SSSR count). The van der Waals surface area contributed by atoms with E-state index in [2.05, 4.69) is 23.7 Å². The molecule has 1 fully saturated rings. The summed E-state index contributed by atoms with van der Waals surface area (Å²) in [6, 6.07) is 1.77. The highest BCUT2D eigenvalue weighted by atomic mass is 32.1. The highest BCUT2D eigenvalue weighted by Gasteiger charge is 2.17. The van der Waals surface area contributed by atoms with Crippen LogP contribution in [0.25, 0.3) is 0 Å². The van der Waals surface area contributed by atoms with Gasteiger partial charge in [0.15, 0.2) is 0 Å². The first-order valence-electron chi connectivity index (χ1n) is 7.71. The van der Waals surface area contributed by atoms with E-state index in [0.29, 0.717) is 36.7 Å². The number of esters is 1. The predicted molar refractivity (Wildman–Crippen MR) is 91.7 cm³/mol. The molecule has 0 spiro atoms. The van der Waals surface area contributed by atoms with Crippen LogP contribution in [0.5, 0.6) is 0 Å². The standard InChI is InChI=1S/C18H19NO4S/c1-3-4-7-15-13-14(17(24-15)18(21)22-2)6-5-8-16(20)19-9-11-23-12-10-19/h13H,3,8-12H2,1-2H3. The summed E-state index contributed by atoms with van der Waals surface area (Å²) in [5.41, 5.74) is 0.557. The van der Waals surface area contributed by atoms with Gasteiger partial charge in [0.05, 0.1) is 37.2 Å². The minimum atomic E-state index is -0.437. The van der Waals surface area contributed by atoms with Crippen LogP contribution in [0, 0.1) is 23.7 Å². The van der Waals surface area contributed by atoms with Gasteiger partial charge in [-0.05, 0) is 6.07 Å². The van der Waals surface area contributed by atoms with Gasteiger partial charge in [0, 0.05) is 19.5 Å². The quantitative estimate of drug-likeness (QED) is 0.607. The molecule has 0 saturated carbocycles. The van der Waals surface area contributed by atoms with Crippen molar-refractivity contribution in [2.75, 3.05) is 33.4 Å². The van der Waals surface area contributed by atoms with Crippen molar-refractivity contribution in [3.05, 3.63) is 21.4 Å². The fourth-order valence-corrected chi connectivity index (χ4v) is 3.01. The third-order valence-corrected chi connectivity index (χ3v) is 4.35. The molecule has 6 heteroatoms. The largest absolute Gasteiger partial charge is 0.465 e. The normalized spacial score (nSPS) is 13.3. The Morgan fingerprint density at radius 2 is 2.04 bits per heavy atom. The summed E-state index contributed by atoms with van der Waals surface area (Å²) in [7, 11) is 1.33. The van der Waals surface area contributed by atoms with E-state index in [1.165, 1.54) is 18.4 Å². The molecular weight excluding hydrogens is 326 g/mol. The van der Waals surface area contributed by atoms with E-state index in [1.54, 1.807) is 11.0 Å². The summed E-state index contributed by atoms with van der Waals surface area (Å²) in [6.07, 6.45) is 0.854. The molecule has 126 valence electrons. The van der Waals surface area contributed by atoms with E-state index in [0.717, 1.165) is 11.3 Å². The van der Waals surface area contributed by atoms with Crippen LogP contribution < -0.4 is 0 Å². The average Bonchev–Trinajstić information content (AvgIpc) is 3.03. The van der Waals surface area contributed by atoms with Gasteiger partial charge in [0.1, 0.15) is 4.88 Å².